The molecular formula is C22H13Cl2FN2O2. The molecule has 4 rings (SSSR count). The number of phenolic OH excluding ortho intramolecular Hbond substituents is 1. The third-order valence-corrected chi connectivity index (χ3v) is 4.89. The van der Waals surface area contributed by atoms with Crippen LogP contribution >= 0.6 is 23.2 Å². The van der Waals surface area contributed by atoms with Crippen molar-refractivity contribution in [1.82, 2.24) is 0 Å². The van der Waals surface area contributed by atoms with Gasteiger partial charge in [-0.1, -0.05) is 29.3 Å². The van der Waals surface area contributed by atoms with Crippen LogP contribution in [0.4, 0.5) is 10.1 Å². The number of hydrogen-bond acceptors (Lipinski definition) is 3. The molecule has 4 nitrogen and oxygen atoms in total. The lowest BCUT2D eigenvalue weighted by atomic mass is 10.1. The lowest BCUT2D eigenvalue weighted by Crippen LogP contribution is -2.32. The smallest absolute Gasteiger partial charge is 0.282 e. The van der Waals surface area contributed by atoms with Crippen LogP contribution in [0.1, 0.15) is 11.1 Å². The highest BCUT2D eigenvalue weighted by molar-refractivity contribution is 6.36. The fraction of sp³-hybridized carbons (Fsp3) is 0. The molecule has 0 radical (unpaired) electrons. The molecule has 29 heavy (non-hydrogen) atoms. The Morgan fingerprint density at radius 3 is 2.31 bits per heavy atom. The van der Waals surface area contributed by atoms with Gasteiger partial charge >= 0.3 is 0 Å². The van der Waals surface area contributed by atoms with Gasteiger partial charge in [-0.2, -0.15) is 0 Å². The van der Waals surface area contributed by atoms with E-state index in [1.807, 2.05) is 0 Å². The molecule has 3 aromatic rings. The lowest BCUT2D eigenvalue weighted by molar-refractivity contribution is -0.113. The summed E-state index contributed by atoms with van der Waals surface area (Å²) in [6, 6.07) is 16.8. The first-order chi connectivity index (χ1) is 13.9. The van der Waals surface area contributed by atoms with Crippen molar-refractivity contribution in [2.24, 2.45) is 4.99 Å². The van der Waals surface area contributed by atoms with Crippen molar-refractivity contribution in [3.8, 4) is 5.75 Å². The Balaban J connectivity index is 1.83. The summed E-state index contributed by atoms with van der Waals surface area (Å²) in [4.78, 5) is 19.1. The van der Waals surface area contributed by atoms with Crippen LogP contribution in [-0.2, 0) is 4.79 Å². The summed E-state index contributed by atoms with van der Waals surface area (Å²) in [5.74, 6) is -0.346. The van der Waals surface area contributed by atoms with Crippen LogP contribution < -0.4 is 4.90 Å². The Hall–Kier alpha value is -3.15. The highest BCUT2D eigenvalue weighted by Gasteiger charge is 2.32. The molecule has 3 aromatic carbocycles. The SMILES string of the molecule is O=C1/C(=C\c2ccc(Cl)cc2Cl)N=C(c2ccc(F)cc2)N1c1ccc(O)cc1. The second kappa shape index (κ2) is 7.70. The first kappa shape index (κ1) is 19.2. The van der Waals surface area contributed by atoms with E-state index >= 15 is 0 Å². The number of hydrogen-bond donors (Lipinski definition) is 1. The van der Waals surface area contributed by atoms with E-state index in [9.17, 15) is 14.3 Å². The molecule has 0 saturated heterocycles. The van der Waals surface area contributed by atoms with Gasteiger partial charge in [-0.15, -0.1) is 0 Å². The molecule has 144 valence electrons. The average molecular weight is 427 g/mol. The number of aromatic hydroxyl groups is 1. The number of aliphatic imine (C=N–C) groups is 1. The minimum absolute atomic E-state index is 0.0735. The molecule has 1 N–H and O–H groups in total. The van der Waals surface area contributed by atoms with Gasteiger partial charge in [0.15, 0.2) is 0 Å². The molecule has 0 aliphatic carbocycles. The molecule has 0 fully saturated rings. The number of amidine groups is 1. The molecule has 1 aliphatic rings. The molecule has 1 aliphatic heterocycles. The average Bonchev–Trinajstić information content (AvgIpc) is 3.01. The summed E-state index contributed by atoms with van der Waals surface area (Å²) < 4.78 is 13.4. The van der Waals surface area contributed by atoms with E-state index in [-0.39, 0.29) is 17.4 Å². The number of carbonyl (C=O) groups excluding carboxylic acids is 1. The molecule has 1 amide bonds. The van der Waals surface area contributed by atoms with E-state index in [4.69, 9.17) is 23.2 Å². The number of phenols is 1. The van der Waals surface area contributed by atoms with Gasteiger partial charge in [0.25, 0.3) is 5.91 Å². The fourth-order valence-electron chi connectivity index (χ4n) is 2.92. The summed E-state index contributed by atoms with van der Waals surface area (Å²) in [5, 5.41) is 10.4. The standard InChI is InChI=1S/C22H13Cl2FN2O2/c23-15-4-1-14(19(24)12-15)11-20-22(29)27(17-7-9-18(28)10-8-17)21(26-20)13-2-5-16(25)6-3-13/h1-12,28H/b20-11+. The number of benzene rings is 3. The second-order valence-corrected chi connectivity index (χ2v) is 7.14. The largest absolute Gasteiger partial charge is 0.508 e. The van der Waals surface area contributed by atoms with E-state index in [2.05, 4.69) is 4.99 Å². The minimum atomic E-state index is -0.390. The highest BCUT2D eigenvalue weighted by atomic mass is 35.5. The van der Waals surface area contributed by atoms with Crippen molar-refractivity contribution in [3.05, 3.63) is 99.4 Å². The van der Waals surface area contributed by atoms with Crippen LogP contribution in [0.15, 0.2) is 77.4 Å². The van der Waals surface area contributed by atoms with Crippen LogP contribution in [0.25, 0.3) is 6.08 Å². The zero-order valence-electron chi connectivity index (χ0n) is 14.8. The van der Waals surface area contributed by atoms with Gasteiger partial charge in [-0.05, 0) is 72.3 Å². The fourth-order valence-corrected chi connectivity index (χ4v) is 3.38. The van der Waals surface area contributed by atoms with Gasteiger partial charge in [0, 0.05) is 15.6 Å². The van der Waals surface area contributed by atoms with Crippen molar-refractivity contribution in [2.75, 3.05) is 4.90 Å². The molecule has 1 heterocycles. The van der Waals surface area contributed by atoms with Crippen molar-refractivity contribution in [1.29, 1.82) is 0 Å². The summed E-state index contributed by atoms with van der Waals surface area (Å²) >= 11 is 12.2. The Morgan fingerprint density at radius 2 is 1.66 bits per heavy atom. The number of halogens is 3. The van der Waals surface area contributed by atoms with Crippen LogP contribution in [0.2, 0.25) is 10.0 Å². The summed E-state index contributed by atoms with van der Waals surface area (Å²) in [6.45, 7) is 0. The number of amides is 1. The summed E-state index contributed by atoms with van der Waals surface area (Å²) in [6.07, 6.45) is 1.57. The van der Waals surface area contributed by atoms with Gasteiger partial charge in [-0.3, -0.25) is 9.69 Å². The summed E-state index contributed by atoms with van der Waals surface area (Å²) in [7, 11) is 0. The molecular weight excluding hydrogens is 414 g/mol. The molecule has 0 saturated carbocycles. The Kier molecular flexibility index (Phi) is 5.09. The van der Waals surface area contributed by atoms with Crippen molar-refractivity contribution >= 4 is 46.7 Å². The minimum Gasteiger partial charge on any atom is -0.508 e. The Morgan fingerprint density at radius 1 is 0.966 bits per heavy atom. The maximum Gasteiger partial charge on any atom is 0.282 e. The number of anilines is 1. The van der Waals surface area contributed by atoms with Crippen LogP contribution in [0.3, 0.4) is 0 Å². The Labute approximate surface area is 176 Å². The molecule has 0 unspecified atom stereocenters. The third kappa shape index (κ3) is 3.88. The van der Waals surface area contributed by atoms with Crippen molar-refractivity contribution in [2.45, 2.75) is 0 Å². The first-order valence-electron chi connectivity index (χ1n) is 8.57. The molecule has 7 heteroatoms. The Bertz CT molecular complexity index is 1160. The van der Waals surface area contributed by atoms with Gasteiger partial charge in [-0.25, -0.2) is 9.38 Å². The monoisotopic (exact) mass is 426 g/mol. The molecule has 0 aromatic heterocycles. The quantitative estimate of drug-likeness (QED) is 0.548. The predicted octanol–water partition coefficient (Wildman–Crippen LogP) is 5.67. The van der Waals surface area contributed by atoms with E-state index < -0.39 is 5.82 Å². The van der Waals surface area contributed by atoms with Gasteiger partial charge in [0.2, 0.25) is 0 Å². The first-order valence-corrected chi connectivity index (χ1v) is 9.33. The molecule has 0 spiro atoms. The van der Waals surface area contributed by atoms with E-state index in [1.54, 1.807) is 48.5 Å². The summed E-state index contributed by atoms with van der Waals surface area (Å²) in [5.41, 5.74) is 1.84. The number of rotatable bonds is 3. The van der Waals surface area contributed by atoms with Gasteiger partial charge < -0.3 is 5.11 Å². The topological polar surface area (TPSA) is 52.9 Å². The van der Waals surface area contributed by atoms with Crippen molar-refractivity contribution < 1.29 is 14.3 Å². The third-order valence-electron chi connectivity index (χ3n) is 4.33. The number of nitrogens with zero attached hydrogens (tertiary/aromatic N) is 2. The van der Waals surface area contributed by atoms with Crippen LogP contribution in [0, 0.1) is 5.82 Å². The van der Waals surface area contributed by atoms with Crippen LogP contribution in [-0.4, -0.2) is 16.8 Å². The van der Waals surface area contributed by atoms with Crippen molar-refractivity contribution in [3.63, 3.8) is 0 Å². The predicted molar refractivity (Wildman–Crippen MR) is 113 cm³/mol. The lowest BCUT2D eigenvalue weighted by Gasteiger charge is -2.18. The van der Waals surface area contributed by atoms with E-state index in [1.165, 1.54) is 29.2 Å². The molecule has 0 bridgehead atoms. The maximum atomic E-state index is 13.4. The van der Waals surface area contributed by atoms with Crippen LogP contribution in [0.5, 0.6) is 5.75 Å². The van der Waals surface area contributed by atoms with E-state index in [0.29, 0.717) is 32.7 Å². The highest BCUT2D eigenvalue weighted by Crippen LogP contribution is 2.30. The molecule has 0 atom stereocenters. The zero-order chi connectivity index (χ0) is 20.5. The normalized spacial score (nSPS) is 15.1. The maximum absolute atomic E-state index is 13.4. The van der Waals surface area contributed by atoms with Gasteiger partial charge in [0.1, 0.15) is 23.1 Å². The second-order valence-electron chi connectivity index (χ2n) is 6.29. The van der Waals surface area contributed by atoms with E-state index in [0.717, 1.165) is 0 Å². The number of carbonyl (C=O) groups is 1. The van der Waals surface area contributed by atoms with Gasteiger partial charge in [0.05, 0.1) is 5.69 Å². The zero-order valence-corrected chi connectivity index (χ0v) is 16.3.